The Morgan fingerprint density at radius 1 is 0.903 bits per heavy atom. The van der Waals surface area contributed by atoms with Gasteiger partial charge in [-0.15, -0.1) is 0 Å². The Morgan fingerprint density at radius 2 is 1.68 bits per heavy atom. The number of furan rings is 1. The van der Waals surface area contributed by atoms with E-state index in [1.807, 2.05) is 66.3 Å². The van der Waals surface area contributed by atoms with Crippen molar-refractivity contribution < 1.29 is 8.94 Å². The highest BCUT2D eigenvalue weighted by Crippen LogP contribution is 2.25. The maximum absolute atomic E-state index is 5.40. The predicted molar refractivity (Wildman–Crippen MR) is 116 cm³/mol. The average molecular weight is 411 g/mol. The van der Waals surface area contributed by atoms with Crippen molar-refractivity contribution in [2.75, 3.05) is 7.05 Å². The summed E-state index contributed by atoms with van der Waals surface area (Å²) in [5.74, 6) is 1.58. The van der Waals surface area contributed by atoms with Crippen LogP contribution < -0.4 is 0 Å². The molecule has 0 saturated heterocycles. The Kier molecular flexibility index (Phi) is 5.16. The number of nitrogens with zero attached hydrogens (tertiary/aromatic N) is 5. The van der Waals surface area contributed by atoms with Crippen LogP contribution in [-0.4, -0.2) is 31.9 Å². The smallest absolute Gasteiger partial charge is 0.241 e. The summed E-state index contributed by atoms with van der Waals surface area (Å²) in [7, 11) is 2.02. The van der Waals surface area contributed by atoms with Gasteiger partial charge in [0.1, 0.15) is 0 Å². The zero-order valence-corrected chi connectivity index (χ0v) is 17.0. The monoisotopic (exact) mass is 411 g/mol. The first-order valence-electron chi connectivity index (χ1n) is 10.0. The number of hydrogen-bond acceptors (Lipinski definition) is 6. The van der Waals surface area contributed by atoms with Crippen LogP contribution in [0.15, 0.2) is 94.2 Å². The fourth-order valence-corrected chi connectivity index (χ4v) is 3.48. The van der Waals surface area contributed by atoms with Gasteiger partial charge in [0.05, 0.1) is 24.2 Å². The number of aromatic nitrogens is 4. The fraction of sp³-hybridized carbons (Fsp3) is 0.125. The van der Waals surface area contributed by atoms with E-state index >= 15 is 0 Å². The summed E-state index contributed by atoms with van der Waals surface area (Å²) in [4.78, 5) is 6.56. The molecule has 2 aromatic carbocycles. The SMILES string of the molecule is CN(Cc1nc(-c2ccco2)no1)Cc1cn(-c2ccccc2)nc1-c1ccccc1. The molecule has 0 atom stereocenters. The van der Waals surface area contributed by atoms with Crippen molar-refractivity contribution in [3.05, 3.63) is 96.7 Å². The Hall–Kier alpha value is -3.97. The molecule has 0 N–H and O–H groups in total. The van der Waals surface area contributed by atoms with Crippen LogP contribution in [0.1, 0.15) is 11.5 Å². The van der Waals surface area contributed by atoms with Gasteiger partial charge >= 0.3 is 0 Å². The first kappa shape index (κ1) is 19.0. The number of para-hydroxylation sites is 1. The van der Waals surface area contributed by atoms with Crippen LogP contribution in [0, 0.1) is 0 Å². The second-order valence-corrected chi connectivity index (χ2v) is 7.31. The van der Waals surface area contributed by atoms with Gasteiger partial charge in [-0.05, 0) is 31.3 Å². The van der Waals surface area contributed by atoms with Crippen molar-refractivity contribution in [3.63, 3.8) is 0 Å². The van der Waals surface area contributed by atoms with Crippen molar-refractivity contribution in [2.45, 2.75) is 13.1 Å². The molecule has 154 valence electrons. The summed E-state index contributed by atoms with van der Waals surface area (Å²) in [6.07, 6.45) is 3.67. The standard InChI is InChI=1S/C24H21N5O2/c1-28(17-22-25-24(27-31-22)21-13-8-14-30-21)15-19-16-29(20-11-6-3-7-12-20)26-23(19)18-9-4-2-5-10-18/h2-14,16H,15,17H2,1H3. The molecular weight excluding hydrogens is 390 g/mol. The third-order valence-electron chi connectivity index (χ3n) is 4.91. The second kappa shape index (κ2) is 8.41. The molecule has 0 saturated carbocycles. The highest BCUT2D eigenvalue weighted by Gasteiger charge is 2.17. The minimum Gasteiger partial charge on any atom is -0.461 e. The van der Waals surface area contributed by atoms with Gasteiger partial charge in [0.2, 0.25) is 11.7 Å². The molecule has 0 aliphatic carbocycles. The minimum absolute atomic E-state index is 0.454. The highest BCUT2D eigenvalue weighted by molar-refractivity contribution is 5.63. The third kappa shape index (κ3) is 4.17. The Morgan fingerprint density at radius 3 is 2.42 bits per heavy atom. The molecule has 5 aromatic rings. The molecule has 0 bridgehead atoms. The summed E-state index contributed by atoms with van der Waals surface area (Å²) in [5.41, 5.74) is 4.17. The van der Waals surface area contributed by atoms with Crippen LogP contribution >= 0.6 is 0 Å². The van der Waals surface area contributed by atoms with E-state index in [0.29, 0.717) is 30.6 Å². The molecule has 7 nitrogen and oxygen atoms in total. The topological polar surface area (TPSA) is 73.1 Å². The van der Waals surface area contributed by atoms with Gasteiger partial charge in [-0.1, -0.05) is 53.7 Å². The molecule has 0 aliphatic rings. The van der Waals surface area contributed by atoms with Crippen molar-refractivity contribution >= 4 is 0 Å². The van der Waals surface area contributed by atoms with Gasteiger partial charge in [0, 0.05) is 23.9 Å². The molecule has 0 spiro atoms. The van der Waals surface area contributed by atoms with Crippen molar-refractivity contribution in [1.82, 2.24) is 24.8 Å². The van der Waals surface area contributed by atoms with Crippen molar-refractivity contribution in [3.8, 4) is 28.5 Å². The number of hydrogen-bond donors (Lipinski definition) is 0. The lowest BCUT2D eigenvalue weighted by atomic mass is 10.1. The minimum atomic E-state index is 0.454. The third-order valence-corrected chi connectivity index (χ3v) is 4.91. The van der Waals surface area contributed by atoms with E-state index in [1.54, 1.807) is 12.3 Å². The molecular formula is C24H21N5O2. The van der Waals surface area contributed by atoms with Gasteiger partial charge in [-0.25, -0.2) is 4.68 Å². The number of benzene rings is 2. The zero-order chi connectivity index (χ0) is 21.0. The van der Waals surface area contributed by atoms with E-state index in [0.717, 1.165) is 22.5 Å². The lowest BCUT2D eigenvalue weighted by molar-refractivity contribution is 0.261. The molecule has 0 aliphatic heterocycles. The Bertz CT molecular complexity index is 1240. The maximum atomic E-state index is 5.40. The largest absolute Gasteiger partial charge is 0.461 e. The van der Waals surface area contributed by atoms with Crippen LogP contribution in [0.2, 0.25) is 0 Å². The van der Waals surface area contributed by atoms with Crippen molar-refractivity contribution in [2.24, 2.45) is 0 Å². The molecule has 0 radical (unpaired) electrons. The van der Waals surface area contributed by atoms with E-state index in [1.165, 1.54) is 0 Å². The first-order valence-corrected chi connectivity index (χ1v) is 10.0. The van der Waals surface area contributed by atoms with Crippen LogP contribution in [0.5, 0.6) is 0 Å². The van der Waals surface area contributed by atoms with Gasteiger partial charge in [0.15, 0.2) is 5.76 Å². The Labute approximate surface area is 179 Å². The van der Waals surface area contributed by atoms with E-state index in [2.05, 4.69) is 33.4 Å². The molecule has 7 heteroatoms. The summed E-state index contributed by atoms with van der Waals surface area (Å²) in [6, 6.07) is 23.9. The molecule has 0 amide bonds. The summed E-state index contributed by atoms with van der Waals surface area (Å²) in [6.45, 7) is 1.19. The average Bonchev–Trinajstić information content (AvgIpc) is 3.56. The normalized spacial score (nSPS) is 11.3. The molecule has 0 unspecified atom stereocenters. The van der Waals surface area contributed by atoms with E-state index in [9.17, 15) is 0 Å². The maximum Gasteiger partial charge on any atom is 0.241 e. The van der Waals surface area contributed by atoms with E-state index in [4.69, 9.17) is 14.0 Å². The molecule has 5 rings (SSSR count). The first-order chi connectivity index (χ1) is 15.3. The van der Waals surface area contributed by atoms with Gasteiger partial charge in [-0.2, -0.15) is 10.1 Å². The highest BCUT2D eigenvalue weighted by atomic mass is 16.5. The van der Waals surface area contributed by atoms with Crippen LogP contribution in [0.3, 0.4) is 0 Å². The van der Waals surface area contributed by atoms with Gasteiger partial charge < -0.3 is 8.94 Å². The van der Waals surface area contributed by atoms with Crippen molar-refractivity contribution in [1.29, 1.82) is 0 Å². The molecule has 3 heterocycles. The van der Waals surface area contributed by atoms with Crippen LogP contribution in [0.25, 0.3) is 28.5 Å². The van der Waals surface area contributed by atoms with Gasteiger partial charge in [-0.3, -0.25) is 4.90 Å². The van der Waals surface area contributed by atoms with E-state index in [-0.39, 0.29) is 0 Å². The van der Waals surface area contributed by atoms with Crippen LogP contribution in [-0.2, 0) is 13.1 Å². The van der Waals surface area contributed by atoms with Gasteiger partial charge in [0.25, 0.3) is 0 Å². The number of rotatable bonds is 7. The van der Waals surface area contributed by atoms with Crippen LogP contribution in [0.4, 0.5) is 0 Å². The van der Waals surface area contributed by atoms with E-state index < -0.39 is 0 Å². The summed E-state index contributed by atoms with van der Waals surface area (Å²) in [5, 5.41) is 8.88. The second-order valence-electron chi connectivity index (χ2n) is 7.31. The molecule has 31 heavy (non-hydrogen) atoms. The summed E-state index contributed by atoms with van der Waals surface area (Å²) < 4.78 is 12.7. The Balaban J connectivity index is 1.39. The lowest BCUT2D eigenvalue weighted by Crippen LogP contribution is -2.17. The molecule has 3 aromatic heterocycles. The predicted octanol–water partition coefficient (Wildman–Crippen LogP) is 4.81. The lowest BCUT2D eigenvalue weighted by Gasteiger charge is -2.13. The summed E-state index contributed by atoms with van der Waals surface area (Å²) >= 11 is 0. The zero-order valence-electron chi connectivity index (χ0n) is 17.0. The quantitative estimate of drug-likeness (QED) is 0.382. The fourth-order valence-electron chi connectivity index (χ4n) is 3.48. The molecule has 0 fully saturated rings.